The van der Waals surface area contributed by atoms with E-state index in [2.05, 4.69) is 21.5 Å². The first-order chi connectivity index (χ1) is 17.9. The Labute approximate surface area is 214 Å². The Morgan fingerprint density at radius 1 is 1.27 bits per heavy atom. The Bertz CT molecular complexity index is 1340. The first-order valence-electron chi connectivity index (χ1n) is 12.1. The SMILES string of the molecule is C=CC(=O)N1CC[C@@H](C(CC)c2ncnc(N)c2C(=NC)c2ccc(Oc3cccc(F)c3)cc2F)C1. The third kappa shape index (κ3) is 5.50. The average Bonchev–Trinajstić information content (AvgIpc) is 3.37. The van der Waals surface area contributed by atoms with E-state index in [1.165, 1.54) is 36.7 Å². The summed E-state index contributed by atoms with van der Waals surface area (Å²) in [7, 11) is 1.56. The molecule has 1 saturated heterocycles. The maximum Gasteiger partial charge on any atom is 0.245 e. The van der Waals surface area contributed by atoms with E-state index in [0.29, 0.717) is 30.1 Å². The second-order valence-electron chi connectivity index (χ2n) is 8.84. The van der Waals surface area contributed by atoms with Crippen molar-refractivity contribution >= 4 is 17.4 Å². The monoisotopic (exact) mass is 505 g/mol. The van der Waals surface area contributed by atoms with Crippen LogP contribution in [0.15, 0.2) is 66.4 Å². The maximum absolute atomic E-state index is 15.4. The molecule has 0 aliphatic carbocycles. The van der Waals surface area contributed by atoms with Gasteiger partial charge in [-0.15, -0.1) is 0 Å². The number of amides is 1. The number of carbonyl (C=O) groups excluding carboxylic acids is 1. The van der Waals surface area contributed by atoms with Gasteiger partial charge in [0.15, 0.2) is 0 Å². The van der Waals surface area contributed by atoms with Crippen LogP contribution in [0.4, 0.5) is 14.6 Å². The van der Waals surface area contributed by atoms with E-state index in [1.807, 2.05) is 6.92 Å². The second kappa shape index (κ2) is 11.3. The number of aliphatic imine (C=N–C) groups is 1. The smallest absolute Gasteiger partial charge is 0.245 e. The van der Waals surface area contributed by atoms with Gasteiger partial charge in [0, 0.05) is 43.8 Å². The first-order valence-corrected chi connectivity index (χ1v) is 12.1. The molecule has 3 aromatic rings. The summed E-state index contributed by atoms with van der Waals surface area (Å²) in [6.07, 6.45) is 4.27. The van der Waals surface area contributed by atoms with E-state index in [4.69, 9.17) is 10.5 Å². The standard InChI is InChI=1S/C28H29F2N5O2/c1-4-21(17-11-12-35(15-17)24(36)5-2)27-25(28(31)34-16-33-27)26(32-3)22-10-9-20(14-23(22)30)37-19-8-6-7-18(29)13-19/h5-10,13-14,16-17,21H,2,4,11-12,15H2,1,3H3,(H2,31,33,34)/t17-,21?/m1/s1. The molecule has 192 valence electrons. The molecule has 1 amide bonds. The van der Waals surface area contributed by atoms with Crippen molar-refractivity contribution in [2.75, 3.05) is 25.9 Å². The molecule has 0 radical (unpaired) electrons. The number of hydrogen-bond donors (Lipinski definition) is 1. The van der Waals surface area contributed by atoms with E-state index in [-0.39, 0.29) is 40.6 Å². The molecule has 2 aromatic carbocycles. The zero-order chi connectivity index (χ0) is 26.5. The molecule has 0 bridgehead atoms. The summed E-state index contributed by atoms with van der Waals surface area (Å²) in [5.74, 6) is -0.369. The summed E-state index contributed by atoms with van der Waals surface area (Å²) in [5, 5.41) is 0. The molecule has 37 heavy (non-hydrogen) atoms. The van der Waals surface area contributed by atoms with Crippen molar-refractivity contribution in [3.63, 3.8) is 0 Å². The Morgan fingerprint density at radius 2 is 2.05 bits per heavy atom. The van der Waals surface area contributed by atoms with E-state index in [1.54, 1.807) is 30.1 Å². The summed E-state index contributed by atoms with van der Waals surface area (Å²) in [6.45, 7) is 6.84. The van der Waals surface area contributed by atoms with Gasteiger partial charge >= 0.3 is 0 Å². The van der Waals surface area contributed by atoms with Crippen LogP contribution in [0.3, 0.4) is 0 Å². The number of halogens is 2. The van der Waals surface area contributed by atoms with Crippen LogP contribution in [0.5, 0.6) is 11.5 Å². The minimum atomic E-state index is -0.583. The number of nitrogen functional groups attached to an aromatic ring is 1. The van der Waals surface area contributed by atoms with Gasteiger partial charge in [-0.1, -0.05) is 19.6 Å². The van der Waals surface area contributed by atoms with Crippen LogP contribution < -0.4 is 10.5 Å². The number of hydrogen-bond acceptors (Lipinski definition) is 6. The van der Waals surface area contributed by atoms with Gasteiger partial charge in [0.25, 0.3) is 0 Å². The number of carbonyl (C=O) groups is 1. The van der Waals surface area contributed by atoms with Crippen molar-refractivity contribution in [1.29, 1.82) is 0 Å². The fourth-order valence-corrected chi connectivity index (χ4v) is 4.92. The number of nitrogens with two attached hydrogens (primary N) is 1. The van der Waals surface area contributed by atoms with Gasteiger partial charge < -0.3 is 15.4 Å². The fraction of sp³-hybridized carbons (Fsp3) is 0.286. The van der Waals surface area contributed by atoms with Crippen LogP contribution in [0.1, 0.15) is 42.5 Å². The number of benzene rings is 2. The summed E-state index contributed by atoms with van der Waals surface area (Å²) in [5.41, 5.74) is 8.00. The summed E-state index contributed by atoms with van der Waals surface area (Å²) in [6, 6.07) is 9.96. The van der Waals surface area contributed by atoms with Crippen LogP contribution >= 0.6 is 0 Å². The molecule has 0 spiro atoms. The van der Waals surface area contributed by atoms with E-state index in [0.717, 1.165) is 12.8 Å². The molecule has 2 N–H and O–H groups in total. The lowest BCUT2D eigenvalue weighted by atomic mass is 9.83. The molecule has 0 saturated carbocycles. The first kappa shape index (κ1) is 25.9. The fourth-order valence-electron chi connectivity index (χ4n) is 4.92. The van der Waals surface area contributed by atoms with Gasteiger partial charge in [0.05, 0.1) is 17.0 Å². The lowest BCUT2D eigenvalue weighted by molar-refractivity contribution is -0.125. The van der Waals surface area contributed by atoms with E-state index in [9.17, 15) is 9.18 Å². The Morgan fingerprint density at radius 3 is 2.73 bits per heavy atom. The summed E-state index contributed by atoms with van der Waals surface area (Å²) >= 11 is 0. The van der Waals surface area contributed by atoms with Gasteiger partial charge in [-0.3, -0.25) is 9.79 Å². The quantitative estimate of drug-likeness (QED) is 0.339. The molecule has 1 aliphatic rings. The van der Waals surface area contributed by atoms with Crippen LogP contribution in [0, 0.1) is 17.6 Å². The highest BCUT2D eigenvalue weighted by Gasteiger charge is 2.34. The van der Waals surface area contributed by atoms with Crippen molar-refractivity contribution in [2.45, 2.75) is 25.7 Å². The van der Waals surface area contributed by atoms with Crippen molar-refractivity contribution in [3.8, 4) is 11.5 Å². The van der Waals surface area contributed by atoms with Crippen molar-refractivity contribution < 1.29 is 18.3 Å². The third-order valence-corrected chi connectivity index (χ3v) is 6.66. The van der Waals surface area contributed by atoms with Crippen LogP contribution in [0.25, 0.3) is 0 Å². The number of anilines is 1. The molecule has 4 rings (SSSR count). The predicted molar refractivity (Wildman–Crippen MR) is 139 cm³/mol. The van der Waals surface area contributed by atoms with Gasteiger partial charge in [0.2, 0.25) is 5.91 Å². The number of aromatic nitrogens is 2. The molecule has 7 nitrogen and oxygen atoms in total. The third-order valence-electron chi connectivity index (χ3n) is 6.66. The Hall–Kier alpha value is -4.14. The molecule has 1 unspecified atom stereocenters. The zero-order valence-electron chi connectivity index (χ0n) is 20.8. The lowest BCUT2D eigenvalue weighted by Crippen LogP contribution is -2.28. The minimum Gasteiger partial charge on any atom is -0.457 e. The molecular formula is C28H29F2N5O2. The highest BCUT2D eigenvalue weighted by molar-refractivity contribution is 6.16. The van der Waals surface area contributed by atoms with Crippen LogP contribution in [0.2, 0.25) is 0 Å². The Kier molecular flexibility index (Phi) is 7.91. The average molecular weight is 506 g/mol. The number of likely N-dealkylation sites (tertiary alicyclic amines) is 1. The molecule has 9 heteroatoms. The second-order valence-corrected chi connectivity index (χ2v) is 8.84. The lowest BCUT2D eigenvalue weighted by Gasteiger charge is -2.25. The van der Waals surface area contributed by atoms with Crippen molar-refractivity contribution in [3.05, 3.63) is 89.9 Å². The molecule has 1 aliphatic heterocycles. The van der Waals surface area contributed by atoms with Crippen molar-refractivity contribution in [2.24, 2.45) is 10.9 Å². The van der Waals surface area contributed by atoms with Gasteiger partial charge in [0.1, 0.15) is 35.3 Å². The topological polar surface area (TPSA) is 93.7 Å². The van der Waals surface area contributed by atoms with Crippen LogP contribution in [-0.4, -0.2) is 46.6 Å². The Balaban J connectivity index is 1.68. The van der Waals surface area contributed by atoms with Crippen molar-refractivity contribution in [1.82, 2.24) is 14.9 Å². The van der Waals surface area contributed by atoms with E-state index < -0.39 is 11.6 Å². The highest BCUT2D eigenvalue weighted by Crippen LogP contribution is 2.37. The molecule has 2 atom stereocenters. The normalized spacial score (nSPS) is 16.5. The zero-order valence-corrected chi connectivity index (χ0v) is 20.8. The predicted octanol–water partition coefficient (Wildman–Crippen LogP) is 5.12. The summed E-state index contributed by atoms with van der Waals surface area (Å²) in [4.78, 5) is 27.0. The largest absolute Gasteiger partial charge is 0.457 e. The van der Waals surface area contributed by atoms with Gasteiger partial charge in [-0.25, -0.2) is 18.7 Å². The minimum absolute atomic E-state index is 0.0432. The van der Waals surface area contributed by atoms with Crippen LogP contribution in [-0.2, 0) is 4.79 Å². The number of ether oxygens (including phenoxy) is 1. The molecule has 1 aromatic heterocycles. The van der Waals surface area contributed by atoms with E-state index >= 15 is 4.39 Å². The summed E-state index contributed by atoms with van der Waals surface area (Å²) < 4.78 is 34.5. The molecular weight excluding hydrogens is 476 g/mol. The maximum atomic E-state index is 15.4. The number of nitrogens with zero attached hydrogens (tertiary/aromatic N) is 4. The van der Waals surface area contributed by atoms with Gasteiger partial charge in [-0.2, -0.15) is 0 Å². The molecule has 1 fully saturated rings. The van der Waals surface area contributed by atoms with Gasteiger partial charge in [-0.05, 0) is 49.1 Å². The molecule has 2 heterocycles. The number of rotatable bonds is 8. The highest BCUT2D eigenvalue weighted by atomic mass is 19.1.